The lowest BCUT2D eigenvalue weighted by Crippen LogP contribution is -2.45. The van der Waals surface area contributed by atoms with Crippen LogP contribution in [0.15, 0.2) is 78.9 Å². The lowest BCUT2D eigenvalue weighted by atomic mass is 9.89. The molecule has 8 heteroatoms. The number of carbonyl (C=O) groups is 2. The zero-order valence-corrected chi connectivity index (χ0v) is 19.7. The number of piperidine rings is 1. The van der Waals surface area contributed by atoms with E-state index < -0.39 is 17.8 Å². The lowest BCUT2D eigenvalue weighted by Gasteiger charge is -2.33. The molecule has 0 aromatic heterocycles. The van der Waals surface area contributed by atoms with Crippen LogP contribution in [0.3, 0.4) is 0 Å². The van der Waals surface area contributed by atoms with E-state index in [4.69, 9.17) is 9.47 Å². The second-order valence-corrected chi connectivity index (χ2v) is 8.69. The van der Waals surface area contributed by atoms with Gasteiger partial charge in [0.05, 0.1) is 5.56 Å². The molecule has 1 fully saturated rings. The standard InChI is InChI=1S/C28H26F3NO4/c1-19(27(34)32-17-15-21(16-18-32)26(33)20-5-3-2-4-6-20)35-23-11-13-25(14-12-23)36-24-9-7-22(8-10-24)28(29,30)31/h2-14,19,21H,15-18H2,1H3. The van der Waals surface area contributed by atoms with E-state index in [9.17, 15) is 22.8 Å². The molecular weight excluding hydrogens is 471 g/mol. The molecule has 0 saturated carbocycles. The number of carbonyl (C=O) groups excluding carboxylic acids is 2. The maximum absolute atomic E-state index is 12.9. The van der Waals surface area contributed by atoms with Crippen LogP contribution in [0.1, 0.15) is 35.7 Å². The minimum absolute atomic E-state index is 0.0927. The highest BCUT2D eigenvalue weighted by atomic mass is 19.4. The zero-order chi connectivity index (χ0) is 25.7. The molecule has 5 nitrogen and oxygen atoms in total. The predicted octanol–water partition coefficient (Wildman–Crippen LogP) is 6.39. The Balaban J connectivity index is 1.27. The first kappa shape index (κ1) is 25.3. The number of amides is 1. The van der Waals surface area contributed by atoms with Crippen molar-refractivity contribution >= 4 is 11.7 Å². The third-order valence-corrected chi connectivity index (χ3v) is 6.14. The van der Waals surface area contributed by atoms with Gasteiger partial charge in [0.2, 0.25) is 0 Å². The van der Waals surface area contributed by atoms with E-state index in [0.717, 1.165) is 12.1 Å². The number of nitrogens with zero attached hydrogens (tertiary/aromatic N) is 1. The monoisotopic (exact) mass is 497 g/mol. The number of hydrogen-bond acceptors (Lipinski definition) is 4. The number of rotatable bonds is 7. The van der Waals surface area contributed by atoms with Crippen molar-refractivity contribution in [2.24, 2.45) is 5.92 Å². The van der Waals surface area contributed by atoms with Crippen molar-refractivity contribution in [1.29, 1.82) is 0 Å². The van der Waals surface area contributed by atoms with Crippen LogP contribution in [-0.4, -0.2) is 35.8 Å². The molecule has 1 amide bonds. The number of Topliss-reactive ketones (excluding diaryl/α,β-unsaturated/α-hetero) is 1. The molecule has 3 aromatic carbocycles. The van der Waals surface area contributed by atoms with Crippen molar-refractivity contribution in [3.8, 4) is 17.2 Å². The minimum Gasteiger partial charge on any atom is -0.481 e. The molecule has 0 radical (unpaired) electrons. The summed E-state index contributed by atoms with van der Waals surface area (Å²) >= 11 is 0. The molecule has 36 heavy (non-hydrogen) atoms. The Hall–Kier alpha value is -3.81. The van der Waals surface area contributed by atoms with E-state index in [1.54, 1.807) is 36.1 Å². The van der Waals surface area contributed by atoms with Gasteiger partial charge in [-0.25, -0.2) is 0 Å². The molecular formula is C28H26F3NO4. The van der Waals surface area contributed by atoms with E-state index in [1.807, 2.05) is 30.3 Å². The van der Waals surface area contributed by atoms with Gasteiger partial charge in [-0.1, -0.05) is 30.3 Å². The van der Waals surface area contributed by atoms with Crippen LogP contribution in [-0.2, 0) is 11.0 Å². The van der Waals surface area contributed by atoms with Crippen LogP contribution in [0.4, 0.5) is 13.2 Å². The maximum atomic E-state index is 12.9. The van der Waals surface area contributed by atoms with Crippen molar-refractivity contribution in [2.75, 3.05) is 13.1 Å². The molecule has 0 spiro atoms. The first-order chi connectivity index (χ1) is 17.2. The van der Waals surface area contributed by atoms with Crippen molar-refractivity contribution in [1.82, 2.24) is 4.90 Å². The van der Waals surface area contributed by atoms with Crippen LogP contribution in [0.2, 0.25) is 0 Å². The van der Waals surface area contributed by atoms with Gasteiger partial charge in [0, 0.05) is 24.6 Å². The Bertz CT molecular complexity index is 1170. The van der Waals surface area contributed by atoms with E-state index in [2.05, 4.69) is 0 Å². The predicted molar refractivity (Wildman–Crippen MR) is 128 cm³/mol. The second kappa shape index (κ2) is 10.8. The van der Waals surface area contributed by atoms with Crippen LogP contribution in [0, 0.1) is 5.92 Å². The first-order valence-corrected chi connectivity index (χ1v) is 11.7. The molecule has 188 valence electrons. The van der Waals surface area contributed by atoms with Gasteiger partial charge in [0.25, 0.3) is 5.91 Å². The highest BCUT2D eigenvalue weighted by Crippen LogP contribution is 2.32. The molecule has 0 bridgehead atoms. The summed E-state index contributed by atoms with van der Waals surface area (Å²) in [6.45, 7) is 2.67. The highest BCUT2D eigenvalue weighted by molar-refractivity contribution is 5.98. The van der Waals surface area contributed by atoms with Gasteiger partial charge < -0.3 is 14.4 Å². The summed E-state index contributed by atoms with van der Waals surface area (Å²) in [7, 11) is 0. The number of ketones is 1. The van der Waals surface area contributed by atoms with Crippen molar-refractivity contribution < 1.29 is 32.2 Å². The first-order valence-electron chi connectivity index (χ1n) is 11.7. The summed E-state index contributed by atoms with van der Waals surface area (Å²) in [6, 6.07) is 20.1. The summed E-state index contributed by atoms with van der Waals surface area (Å²) < 4.78 is 49.4. The number of likely N-dealkylation sites (tertiary alicyclic amines) is 1. The lowest BCUT2D eigenvalue weighted by molar-refractivity contribution is -0.139. The SMILES string of the molecule is CC(Oc1ccc(Oc2ccc(C(F)(F)F)cc2)cc1)C(=O)N1CCC(C(=O)c2ccccc2)CC1. The normalized spacial score (nSPS) is 15.3. The minimum atomic E-state index is -4.40. The molecule has 1 aliphatic heterocycles. The van der Waals surface area contributed by atoms with Gasteiger partial charge in [0.15, 0.2) is 11.9 Å². The van der Waals surface area contributed by atoms with E-state index in [-0.39, 0.29) is 23.4 Å². The highest BCUT2D eigenvalue weighted by Gasteiger charge is 2.31. The van der Waals surface area contributed by atoms with Crippen LogP contribution in [0.25, 0.3) is 0 Å². The van der Waals surface area contributed by atoms with E-state index >= 15 is 0 Å². The summed E-state index contributed by atoms with van der Waals surface area (Å²) in [6.07, 6.45) is -3.89. The van der Waals surface area contributed by atoms with Gasteiger partial charge in [-0.15, -0.1) is 0 Å². The molecule has 1 unspecified atom stereocenters. The average molecular weight is 498 g/mol. The summed E-state index contributed by atoms with van der Waals surface area (Å²) in [5.74, 6) is 1.03. The number of benzene rings is 3. The van der Waals surface area contributed by atoms with E-state index in [0.29, 0.717) is 43.0 Å². The van der Waals surface area contributed by atoms with Crippen LogP contribution < -0.4 is 9.47 Å². The van der Waals surface area contributed by atoms with Crippen LogP contribution >= 0.6 is 0 Å². The number of hydrogen-bond donors (Lipinski definition) is 0. The third-order valence-electron chi connectivity index (χ3n) is 6.14. The molecule has 0 aliphatic carbocycles. The zero-order valence-electron chi connectivity index (χ0n) is 19.7. The fraction of sp³-hybridized carbons (Fsp3) is 0.286. The Kier molecular flexibility index (Phi) is 7.62. The van der Waals surface area contributed by atoms with E-state index in [1.165, 1.54) is 12.1 Å². The Morgan fingerprint density at radius 1 is 0.833 bits per heavy atom. The summed E-state index contributed by atoms with van der Waals surface area (Å²) in [4.78, 5) is 27.3. The molecule has 1 aliphatic rings. The van der Waals surface area contributed by atoms with Crippen molar-refractivity contribution in [2.45, 2.75) is 32.0 Å². The molecule has 4 rings (SSSR count). The van der Waals surface area contributed by atoms with Gasteiger partial charge >= 0.3 is 6.18 Å². The van der Waals surface area contributed by atoms with Crippen molar-refractivity contribution in [3.63, 3.8) is 0 Å². The molecule has 1 heterocycles. The van der Waals surface area contributed by atoms with Gasteiger partial charge in [-0.2, -0.15) is 13.2 Å². The van der Waals surface area contributed by atoms with Crippen LogP contribution in [0.5, 0.6) is 17.2 Å². The number of alkyl halides is 3. The summed E-state index contributed by atoms with van der Waals surface area (Å²) in [5, 5.41) is 0. The summed E-state index contributed by atoms with van der Waals surface area (Å²) in [5.41, 5.74) is -0.0472. The quantitative estimate of drug-likeness (QED) is 0.355. The largest absolute Gasteiger partial charge is 0.481 e. The average Bonchev–Trinajstić information content (AvgIpc) is 2.89. The number of halogens is 3. The smallest absolute Gasteiger partial charge is 0.416 e. The van der Waals surface area contributed by atoms with Gasteiger partial charge in [-0.05, 0) is 68.3 Å². The Labute approximate surface area is 207 Å². The molecule has 3 aromatic rings. The molecule has 1 saturated heterocycles. The Morgan fingerprint density at radius 2 is 1.36 bits per heavy atom. The Morgan fingerprint density at radius 3 is 1.92 bits per heavy atom. The van der Waals surface area contributed by atoms with Gasteiger partial charge in [0.1, 0.15) is 17.2 Å². The molecule has 1 atom stereocenters. The topological polar surface area (TPSA) is 55.8 Å². The molecule has 0 N–H and O–H groups in total. The second-order valence-electron chi connectivity index (χ2n) is 8.69. The maximum Gasteiger partial charge on any atom is 0.416 e. The fourth-order valence-electron chi connectivity index (χ4n) is 4.15. The fourth-order valence-corrected chi connectivity index (χ4v) is 4.15. The number of ether oxygens (including phenoxy) is 2. The third kappa shape index (κ3) is 6.24. The van der Waals surface area contributed by atoms with Gasteiger partial charge in [-0.3, -0.25) is 9.59 Å². The van der Waals surface area contributed by atoms with Crippen molar-refractivity contribution in [3.05, 3.63) is 90.0 Å².